The van der Waals surface area contributed by atoms with Crippen LogP contribution in [-0.4, -0.2) is 112 Å². The molecule has 1 aliphatic rings. The van der Waals surface area contributed by atoms with Crippen molar-refractivity contribution in [1.29, 1.82) is 0 Å². The Morgan fingerprint density at radius 1 is 1.04 bits per heavy atom. The van der Waals surface area contributed by atoms with Gasteiger partial charge in [0.15, 0.2) is 6.29 Å². The van der Waals surface area contributed by atoms with Gasteiger partial charge in [0.25, 0.3) is 0 Å². The third-order valence-electron chi connectivity index (χ3n) is 4.33. The van der Waals surface area contributed by atoms with Gasteiger partial charge >= 0.3 is 0 Å². The zero-order valence-corrected chi connectivity index (χ0v) is 14.4. The summed E-state index contributed by atoms with van der Waals surface area (Å²) in [4.78, 5) is 0. The van der Waals surface area contributed by atoms with Gasteiger partial charge in [0.1, 0.15) is 30.5 Å². The van der Waals surface area contributed by atoms with Crippen LogP contribution in [0.5, 0.6) is 0 Å². The number of hydrogen-bond acceptors (Lipinski definition) is 10. The Kier molecular flexibility index (Phi) is 9.67. The van der Waals surface area contributed by atoms with Crippen molar-refractivity contribution in [2.75, 3.05) is 26.9 Å². The minimum Gasteiger partial charge on any atom is -0.396 e. The predicted octanol–water partition coefficient (Wildman–Crippen LogP) is -3.44. The van der Waals surface area contributed by atoms with E-state index in [0.29, 0.717) is 0 Å². The minimum absolute atomic E-state index is 0.183. The summed E-state index contributed by atoms with van der Waals surface area (Å²) >= 11 is 0. The Bertz CT molecular complexity index is 370. The summed E-state index contributed by atoms with van der Waals surface area (Å²) in [6.45, 7) is 0.697. The quantitative estimate of drug-likeness (QED) is 0.217. The lowest BCUT2D eigenvalue weighted by atomic mass is 9.97. The normalized spacial score (nSPS) is 35.6. The summed E-state index contributed by atoms with van der Waals surface area (Å²) < 4.78 is 15.5. The molecule has 1 heterocycles. The van der Waals surface area contributed by atoms with Gasteiger partial charge in [0, 0.05) is 13.0 Å². The highest BCUT2D eigenvalue weighted by Crippen LogP contribution is 2.24. The molecule has 0 aromatic heterocycles. The molecule has 0 radical (unpaired) electrons. The van der Waals surface area contributed by atoms with Crippen molar-refractivity contribution in [3.05, 3.63) is 0 Å². The highest BCUT2D eigenvalue weighted by atomic mass is 16.7. The van der Waals surface area contributed by atoms with Crippen molar-refractivity contribution in [3.8, 4) is 0 Å². The molecule has 150 valence electrons. The van der Waals surface area contributed by atoms with Gasteiger partial charge in [-0.25, -0.2) is 0 Å². The largest absolute Gasteiger partial charge is 0.396 e. The Morgan fingerprint density at radius 3 is 2.20 bits per heavy atom. The van der Waals surface area contributed by atoms with Gasteiger partial charge in [-0.15, -0.1) is 0 Å². The highest BCUT2D eigenvalue weighted by molar-refractivity contribution is 4.88. The molecule has 9 unspecified atom stereocenters. The molecule has 10 nitrogen and oxygen atoms in total. The molecule has 1 saturated heterocycles. The predicted molar refractivity (Wildman–Crippen MR) is 83.4 cm³/mol. The Hall–Kier alpha value is -0.400. The van der Waals surface area contributed by atoms with Crippen LogP contribution in [-0.2, 0) is 14.2 Å². The third-order valence-corrected chi connectivity index (χ3v) is 4.33. The standard InChI is InChI=1S/C15H30O10/c1-3-8(17)11(20)14(9(18)6-23-2)25-15-13(22)12(21)10(19)7(4-16)5-24-15/h7-22H,3-6H2,1-2H3. The number of methoxy groups -OCH3 is 1. The second-order valence-corrected chi connectivity index (χ2v) is 6.21. The van der Waals surface area contributed by atoms with Crippen LogP contribution in [0.15, 0.2) is 0 Å². The minimum atomic E-state index is -1.70. The monoisotopic (exact) mass is 370 g/mol. The third kappa shape index (κ3) is 5.79. The van der Waals surface area contributed by atoms with Gasteiger partial charge in [-0.2, -0.15) is 0 Å². The molecular weight excluding hydrogens is 340 g/mol. The van der Waals surface area contributed by atoms with Crippen molar-refractivity contribution in [3.63, 3.8) is 0 Å². The van der Waals surface area contributed by atoms with Gasteiger partial charge in [-0.3, -0.25) is 0 Å². The van der Waals surface area contributed by atoms with Crippen LogP contribution >= 0.6 is 0 Å². The smallest absolute Gasteiger partial charge is 0.186 e. The summed E-state index contributed by atoms with van der Waals surface area (Å²) in [7, 11) is 1.33. The maximum absolute atomic E-state index is 10.2. The Balaban J connectivity index is 2.93. The molecular formula is C15H30O10. The van der Waals surface area contributed by atoms with E-state index in [9.17, 15) is 35.7 Å². The fraction of sp³-hybridized carbons (Fsp3) is 1.00. The molecule has 0 saturated carbocycles. The van der Waals surface area contributed by atoms with Crippen LogP contribution in [0.25, 0.3) is 0 Å². The molecule has 7 N–H and O–H groups in total. The van der Waals surface area contributed by atoms with E-state index in [1.165, 1.54) is 7.11 Å². The highest BCUT2D eigenvalue weighted by Gasteiger charge is 2.43. The fourth-order valence-electron chi connectivity index (χ4n) is 2.62. The number of hydrogen-bond donors (Lipinski definition) is 7. The van der Waals surface area contributed by atoms with E-state index >= 15 is 0 Å². The molecule has 25 heavy (non-hydrogen) atoms. The summed E-state index contributed by atoms with van der Waals surface area (Å²) in [5.74, 6) is -0.841. The van der Waals surface area contributed by atoms with Crippen LogP contribution < -0.4 is 0 Å². The zero-order valence-electron chi connectivity index (χ0n) is 14.4. The first-order valence-corrected chi connectivity index (χ1v) is 8.23. The topological polar surface area (TPSA) is 169 Å². The van der Waals surface area contributed by atoms with Crippen molar-refractivity contribution in [1.82, 2.24) is 0 Å². The van der Waals surface area contributed by atoms with E-state index in [2.05, 4.69) is 0 Å². The first-order valence-electron chi connectivity index (χ1n) is 8.23. The lowest BCUT2D eigenvalue weighted by Gasteiger charge is -2.34. The molecule has 0 bridgehead atoms. The van der Waals surface area contributed by atoms with Gasteiger partial charge < -0.3 is 50.0 Å². The van der Waals surface area contributed by atoms with Crippen molar-refractivity contribution >= 4 is 0 Å². The number of rotatable bonds is 9. The van der Waals surface area contributed by atoms with Crippen LogP contribution in [0.2, 0.25) is 0 Å². The van der Waals surface area contributed by atoms with Gasteiger partial charge in [0.2, 0.25) is 0 Å². The number of ether oxygens (including phenoxy) is 3. The molecule has 0 spiro atoms. The maximum atomic E-state index is 10.2. The average molecular weight is 370 g/mol. The number of aliphatic hydroxyl groups excluding tert-OH is 7. The molecule has 10 heteroatoms. The van der Waals surface area contributed by atoms with Crippen molar-refractivity contribution < 1.29 is 50.0 Å². The van der Waals surface area contributed by atoms with Crippen molar-refractivity contribution in [2.45, 2.75) is 62.4 Å². The Morgan fingerprint density at radius 2 is 1.68 bits per heavy atom. The first kappa shape index (κ1) is 22.6. The van der Waals surface area contributed by atoms with E-state index < -0.39 is 61.5 Å². The van der Waals surface area contributed by atoms with Crippen LogP contribution in [0.1, 0.15) is 13.3 Å². The van der Waals surface area contributed by atoms with Gasteiger partial charge in [0.05, 0.1) is 32.0 Å². The summed E-state index contributed by atoms with van der Waals surface area (Å²) in [6, 6.07) is 0. The average Bonchev–Trinajstić information content (AvgIpc) is 2.70. The fourth-order valence-corrected chi connectivity index (χ4v) is 2.62. The summed E-state index contributed by atoms with van der Waals surface area (Å²) in [6.07, 6.45) is -11.6. The van der Waals surface area contributed by atoms with Gasteiger partial charge in [-0.1, -0.05) is 6.92 Å². The van der Waals surface area contributed by atoms with E-state index in [1.54, 1.807) is 6.92 Å². The zero-order chi connectivity index (χ0) is 19.1. The van der Waals surface area contributed by atoms with E-state index in [-0.39, 0.29) is 19.6 Å². The van der Waals surface area contributed by atoms with E-state index in [0.717, 1.165) is 0 Å². The van der Waals surface area contributed by atoms with Crippen LogP contribution in [0.4, 0.5) is 0 Å². The molecule has 1 fully saturated rings. The molecule has 0 amide bonds. The molecule has 0 aliphatic carbocycles. The maximum Gasteiger partial charge on any atom is 0.186 e. The van der Waals surface area contributed by atoms with Crippen LogP contribution in [0, 0.1) is 5.92 Å². The van der Waals surface area contributed by atoms with E-state index in [4.69, 9.17) is 14.2 Å². The SMILES string of the molecule is CCC(O)C(O)C(OC1OCC(CO)C(O)C(O)C1O)C(O)COC. The lowest BCUT2D eigenvalue weighted by molar-refractivity contribution is -0.265. The molecule has 9 atom stereocenters. The summed E-state index contributed by atoms with van der Waals surface area (Å²) in [5.41, 5.74) is 0. The molecule has 1 aliphatic heterocycles. The second kappa shape index (κ2) is 10.7. The summed E-state index contributed by atoms with van der Waals surface area (Å²) in [5, 5.41) is 69.4. The van der Waals surface area contributed by atoms with E-state index in [1.807, 2.05) is 0 Å². The number of aliphatic hydroxyl groups is 7. The van der Waals surface area contributed by atoms with Crippen molar-refractivity contribution in [2.24, 2.45) is 5.92 Å². The second-order valence-electron chi connectivity index (χ2n) is 6.21. The first-order chi connectivity index (χ1) is 11.8. The molecule has 1 rings (SSSR count). The molecule has 0 aromatic carbocycles. The van der Waals surface area contributed by atoms with Crippen LogP contribution in [0.3, 0.4) is 0 Å². The lowest BCUT2D eigenvalue weighted by Crippen LogP contribution is -2.53. The van der Waals surface area contributed by atoms with Gasteiger partial charge in [-0.05, 0) is 6.42 Å². The molecule has 0 aromatic rings. The Labute approximate surface area is 146 Å².